The number of carbonyl (C=O) groups excluding carboxylic acids is 1. The van der Waals surface area contributed by atoms with Crippen molar-refractivity contribution in [3.8, 4) is 0 Å². The number of rotatable bonds is 6. The van der Waals surface area contributed by atoms with E-state index in [2.05, 4.69) is 33.8 Å². The number of hydrogen-bond donors (Lipinski definition) is 0. The summed E-state index contributed by atoms with van der Waals surface area (Å²) >= 11 is 0. The number of hydrogen-bond acceptors (Lipinski definition) is 3. The predicted molar refractivity (Wildman–Crippen MR) is 97.8 cm³/mol. The molecule has 0 aliphatic carbocycles. The molecule has 0 N–H and O–H groups in total. The number of unbranched alkanes of at least 4 members (excludes halogenated alkanes) is 1. The zero-order chi connectivity index (χ0) is 17.6. The molecule has 2 rings (SSSR count). The summed E-state index contributed by atoms with van der Waals surface area (Å²) in [5.41, 5.74) is 1.50. The lowest BCUT2D eigenvalue weighted by atomic mass is 9.92. The number of furan rings is 1. The monoisotopic (exact) mass is 326 g/mol. The SMILES string of the molecule is CCC/C=C(\C=C/CC(C)(C)C)OC(=O)c1ccc2occc2c1. The molecule has 1 aromatic carbocycles. The van der Waals surface area contributed by atoms with E-state index in [9.17, 15) is 4.79 Å². The minimum atomic E-state index is -0.346. The highest BCUT2D eigenvalue weighted by molar-refractivity contribution is 5.94. The maximum atomic E-state index is 12.4. The second kappa shape index (κ2) is 8.00. The molecule has 0 bridgehead atoms. The molecule has 1 aromatic heterocycles. The molecule has 0 aliphatic heterocycles. The predicted octanol–water partition coefficient (Wildman–Crippen LogP) is 6.27. The van der Waals surface area contributed by atoms with Gasteiger partial charge in [0.05, 0.1) is 11.8 Å². The van der Waals surface area contributed by atoms with Crippen LogP contribution in [0.4, 0.5) is 0 Å². The Bertz CT molecular complexity index is 742. The first kappa shape index (κ1) is 18.1. The van der Waals surface area contributed by atoms with E-state index in [1.807, 2.05) is 18.2 Å². The molecule has 0 saturated heterocycles. The van der Waals surface area contributed by atoms with E-state index >= 15 is 0 Å². The summed E-state index contributed by atoms with van der Waals surface area (Å²) in [6.07, 6.45) is 10.4. The van der Waals surface area contributed by atoms with E-state index in [1.54, 1.807) is 24.5 Å². The van der Waals surface area contributed by atoms with E-state index in [0.29, 0.717) is 11.3 Å². The number of esters is 1. The molecule has 0 atom stereocenters. The maximum Gasteiger partial charge on any atom is 0.343 e. The van der Waals surface area contributed by atoms with Crippen molar-refractivity contribution >= 4 is 16.9 Å². The van der Waals surface area contributed by atoms with Gasteiger partial charge in [0.1, 0.15) is 11.3 Å². The summed E-state index contributed by atoms with van der Waals surface area (Å²) in [5, 5.41) is 0.895. The highest BCUT2D eigenvalue weighted by atomic mass is 16.5. The summed E-state index contributed by atoms with van der Waals surface area (Å²) in [5.74, 6) is 0.263. The van der Waals surface area contributed by atoms with Gasteiger partial charge in [-0.25, -0.2) is 4.79 Å². The van der Waals surface area contributed by atoms with Gasteiger partial charge in [0, 0.05) is 5.39 Å². The summed E-state index contributed by atoms with van der Waals surface area (Å²) < 4.78 is 10.9. The summed E-state index contributed by atoms with van der Waals surface area (Å²) in [6, 6.07) is 7.14. The van der Waals surface area contributed by atoms with Gasteiger partial charge < -0.3 is 9.15 Å². The molecule has 0 saturated carbocycles. The Kier molecular flexibility index (Phi) is 6.02. The van der Waals surface area contributed by atoms with Crippen LogP contribution in [0.1, 0.15) is 57.3 Å². The van der Waals surface area contributed by atoms with Gasteiger partial charge in [0.15, 0.2) is 0 Å². The van der Waals surface area contributed by atoms with Crippen molar-refractivity contribution in [2.75, 3.05) is 0 Å². The van der Waals surface area contributed by atoms with E-state index in [-0.39, 0.29) is 11.4 Å². The molecule has 0 unspecified atom stereocenters. The van der Waals surface area contributed by atoms with Crippen LogP contribution in [0.2, 0.25) is 0 Å². The lowest BCUT2D eigenvalue weighted by molar-refractivity contribution is 0.0636. The minimum absolute atomic E-state index is 0.211. The summed E-state index contributed by atoms with van der Waals surface area (Å²) in [4.78, 5) is 12.4. The first-order valence-corrected chi connectivity index (χ1v) is 8.45. The molecule has 128 valence electrons. The standard InChI is InChI=1S/C21H26O3/c1-5-6-8-18(9-7-13-21(2,3)4)24-20(22)17-10-11-19-16(15-17)12-14-23-19/h7-12,14-15H,5-6,13H2,1-4H3/b9-7-,18-8+. The molecule has 3 nitrogen and oxygen atoms in total. The second-order valence-electron chi connectivity index (χ2n) is 7.13. The maximum absolute atomic E-state index is 12.4. The summed E-state index contributed by atoms with van der Waals surface area (Å²) in [6.45, 7) is 8.64. The van der Waals surface area contributed by atoms with E-state index in [0.717, 1.165) is 30.2 Å². The Morgan fingerprint density at radius 2 is 2.04 bits per heavy atom. The molecule has 0 amide bonds. The quantitative estimate of drug-likeness (QED) is 0.357. The molecular weight excluding hydrogens is 300 g/mol. The Balaban J connectivity index is 2.11. The molecule has 0 radical (unpaired) electrons. The van der Waals surface area contributed by atoms with Crippen molar-refractivity contribution in [1.29, 1.82) is 0 Å². The highest BCUT2D eigenvalue weighted by Gasteiger charge is 2.11. The number of fused-ring (bicyclic) bond motifs is 1. The molecule has 0 aliphatic rings. The van der Waals surface area contributed by atoms with E-state index in [1.165, 1.54) is 0 Å². The summed E-state index contributed by atoms with van der Waals surface area (Å²) in [7, 11) is 0. The van der Waals surface area contributed by atoms with Crippen molar-refractivity contribution in [2.24, 2.45) is 5.41 Å². The normalized spacial score (nSPS) is 12.9. The topological polar surface area (TPSA) is 39.4 Å². The molecule has 0 fully saturated rings. The zero-order valence-electron chi connectivity index (χ0n) is 15.0. The third kappa shape index (κ3) is 5.41. The molecule has 1 heterocycles. The molecule has 3 heteroatoms. The van der Waals surface area contributed by atoms with Gasteiger partial charge in [-0.2, -0.15) is 0 Å². The molecular formula is C21H26O3. The van der Waals surface area contributed by atoms with E-state index in [4.69, 9.17) is 9.15 Å². The number of ether oxygens (including phenoxy) is 1. The van der Waals surface area contributed by atoms with Gasteiger partial charge in [0.2, 0.25) is 0 Å². The van der Waals surface area contributed by atoms with Crippen LogP contribution in [0, 0.1) is 5.41 Å². The van der Waals surface area contributed by atoms with Gasteiger partial charge in [-0.1, -0.05) is 40.2 Å². The van der Waals surface area contributed by atoms with Crippen LogP contribution in [0.5, 0.6) is 0 Å². The van der Waals surface area contributed by atoms with Crippen molar-refractivity contribution in [1.82, 2.24) is 0 Å². The lowest BCUT2D eigenvalue weighted by Crippen LogP contribution is -2.05. The van der Waals surface area contributed by atoms with Gasteiger partial charge in [-0.05, 0) is 54.7 Å². The molecule has 0 spiro atoms. The van der Waals surface area contributed by atoms with Crippen LogP contribution in [0.3, 0.4) is 0 Å². The third-order valence-electron chi connectivity index (χ3n) is 3.55. The van der Waals surface area contributed by atoms with Gasteiger partial charge >= 0.3 is 5.97 Å². The largest absolute Gasteiger partial charge is 0.464 e. The van der Waals surface area contributed by atoms with Crippen molar-refractivity contribution in [3.05, 3.63) is 60.1 Å². The van der Waals surface area contributed by atoms with Crippen molar-refractivity contribution in [2.45, 2.75) is 47.0 Å². The van der Waals surface area contributed by atoms with Crippen LogP contribution >= 0.6 is 0 Å². The zero-order valence-corrected chi connectivity index (χ0v) is 15.0. The first-order chi connectivity index (χ1) is 11.4. The van der Waals surface area contributed by atoms with E-state index < -0.39 is 0 Å². The number of carbonyl (C=O) groups is 1. The van der Waals surface area contributed by atoms with Gasteiger partial charge in [0.25, 0.3) is 0 Å². The van der Waals surface area contributed by atoms with Gasteiger partial charge in [-0.15, -0.1) is 0 Å². The minimum Gasteiger partial charge on any atom is -0.464 e. The van der Waals surface area contributed by atoms with Crippen molar-refractivity contribution < 1.29 is 13.9 Å². The average molecular weight is 326 g/mol. The fourth-order valence-electron chi connectivity index (χ4n) is 2.22. The third-order valence-corrected chi connectivity index (χ3v) is 3.55. The lowest BCUT2D eigenvalue weighted by Gasteiger charge is -2.14. The molecule has 2 aromatic rings. The Labute approximate surface area is 144 Å². The van der Waals surface area contributed by atoms with Gasteiger partial charge in [-0.3, -0.25) is 0 Å². The Morgan fingerprint density at radius 1 is 1.25 bits per heavy atom. The number of benzene rings is 1. The van der Waals surface area contributed by atoms with Crippen LogP contribution in [-0.4, -0.2) is 5.97 Å². The Morgan fingerprint density at radius 3 is 2.75 bits per heavy atom. The fourth-order valence-corrected chi connectivity index (χ4v) is 2.22. The first-order valence-electron chi connectivity index (χ1n) is 8.45. The number of allylic oxidation sites excluding steroid dienone is 3. The van der Waals surface area contributed by atoms with Crippen LogP contribution < -0.4 is 0 Å². The van der Waals surface area contributed by atoms with Crippen LogP contribution in [0.15, 0.2) is 58.9 Å². The second-order valence-corrected chi connectivity index (χ2v) is 7.13. The van der Waals surface area contributed by atoms with Crippen LogP contribution in [0.25, 0.3) is 11.0 Å². The highest BCUT2D eigenvalue weighted by Crippen LogP contribution is 2.21. The molecule has 24 heavy (non-hydrogen) atoms. The smallest absolute Gasteiger partial charge is 0.343 e. The van der Waals surface area contributed by atoms with Crippen LogP contribution in [-0.2, 0) is 4.74 Å². The average Bonchev–Trinajstić information content (AvgIpc) is 2.98. The fraction of sp³-hybridized carbons (Fsp3) is 0.381. The Hall–Kier alpha value is -2.29. The van der Waals surface area contributed by atoms with Crippen molar-refractivity contribution in [3.63, 3.8) is 0 Å².